The van der Waals surface area contributed by atoms with E-state index in [1.54, 1.807) is 36.4 Å². The molecule has 0 aromatic heterocycles. The third-order valence-corrected chi connectivity index (χ3v) is 4.81. The van der Waals surface area contributed by atoms with Crippen LogP contribution in [0.25, 0.3) is 0 Å². The van der Waals surface area contributed by atoms with Crippen molar-refractivity contribution >= 4 is 40.6 Å². The van der Waals surface area contributed by atoms with Crippen LogP contribution in [0.3, 0.4) is 0 Å². The monoisotopic (exact) mass is 441 g/mol. The fourth-order valence-electron chi connectivity index (χ4n) is 2.89. The summed E-state index contributed by atoms with van der Waals surface area (Å²) in [6.45, 7) is 0.989. The Bertz CT molecular complexity index is 1080. The summed E-state index contributed by atoms with van der Waals surface area (Å²) in [7, 11) is 0. The minimum Gasteiger partial charge on any atom is -0.486 e. The van der Waals surface area contributed by atoms with E-state index in [9.17, 15) is 4.79 Å². The molecule has 0 fully saturated rings. The topological polar surface area (TPSA) is 72.0 Å². The van der Waals surface area contributed by atoms with E-state index in [4.69, 9.17) is 32.7 Å². The van der Waals surface area contributed by atoms with Gasteiger partial charge in [-0.15, -0.1) is 0 Å². The molecule has 30 heavy (non-hydrogen) atoms. The molecule has 1 heterocycles. The Morgan fingerprint density at radius 3 is 2.10 bits per heavy atom. The maximum Gasteiger partial charge on any atom is 0.339 e. The standard InChI is InChI=1S/C22H17Cl2N3O3/c23-16-4-1-14(2-5-16)21(15-3-10-19-20(13-15)30-12-11-29-19)26-27-22(28)25-18-8-6-17(24)7-9-18/h1-10,13H,11-12H2,(H2,25,27,28)/b26-21+. The summed E-state index contributed by atoms with van der Waals surface area (Å²) in [6, 6.07) is 19.0. The number of fused-ring (bicyclic) bond motifs is 1. The van der Waals surface area contributed by atoms with Gasteiger partial charge in [0.1, 0.15) is 13.2 Å². The molecule has 0 saturated carbocycles. The Labute approximate surface area is 183 Å². The van der Waals surface area contributed by atoms with Gasteiger partial charge in [-0.05, 0) is 54.6 Å². The first-order chi connectivity index (χ1) is 14.6. The molecule has 152 valence electrons. The van der Waals surface area contributed by atoms with Crippen LogP contribution in [0.1, 0.15) is 11.1 Å². The van der Waals surface area contributed by atoms with E-state index in [0.29, 0.717) is 46.2 Å². The molecular formula is C22H17Cl2N3O3. The molecule has 6 nitrogen and oxygen atoms in total. The second-order valence-electron chi connectivity index (χ2n) is 6.40. The van der Waals surface area contributed by atoms with Gasteiger partial charge in [-0.2, -0.15) is 5.10 Å². The van der Waals surface area contributed by atoms with Crippen molar-refractivity contribution in [1.29, 1.82) is 0 Å². The van der Waals surface area contributed by atoms with Crippen molar-refractivity contribution in [3.05, 3.63) is 87.9 Å². The molecule has 0 spiro atoms. The number of anilines is 1. The summed E-state index contributed by atoms with van der Waals surface area (Å²) >= 11 is 11.9. The molecule has 3 aromatic rings. The number of hydrogen-bond donors (Lipinski definition) is 2. The summed E-state index contributed by atoms with van der Waals surface area (Å²) in [4.78, 5) is 12.3. The van der Waals surface area contributed by atoms with E-state index in [0.717, 1.165) is 11.1 Å². The minimum absolute atomic E-state index is 0.478. The van der Waals surface area contributed by atoms with Crippen molar-refractivity contribution in [2.45, 2.75) is 0 Å². The average molecular weight is 442 g/mol. The molecule has 2 N–H and O–H groups in total. The van der Waals surface area contributed by atoms with Crippen LogP contribution in [0.15, 0.2) is 71.8 Å². The van der Waals surface area contributed by atoms with Gasteiger partial charge in [0.25, 0.3) is 0 Å². The Kier molecular flexibility index (Phi) is 6.07. The van der Waals surface area contributed by atoms with Gasteiger partial charge in [-0.1, -0.05) is 35.3 Å². The number of rotatable bonds is 4. The number of amides is 2. The van der Waals surface area contributed by atoms with Crippen LogP contribution in [0.5, 0.6) is 11.5 Å². The zero-order chi connectivity index (χ0) is 20.9. The van der Waals surface area contributed by atoms with Crippen LogP contribution >= 0.6 is 23.2 Å². The van der Waals surface area contributed by atoms with Gasteiger partial charge in [0, 0.05) is 26.9 Å². The molecule has 0 unspecified atom stereocenters. The normalized spacial score (nSPS) is 12.9. The molecule has 8 heteroatoms. The molecule has 0 atom stereocenters. The average Bonchev–Trinajstić information content (AvgIpc) is 2.76. The van der Waals surface area contributed by atoms with Crippen LogP contribution in [0.2, 0.25) is 10.0 Å². The number of nitrogens with zero attached hydrogens (tertiary/aromatic N) is 1. The van der Waals surface area contributed by atoms with Gasteiger partial charge in [0.15, 0.2) is 11.5 Å². The van der Waals surface area contributed by atoms with Gasteiger partial charge in [0.2, 0.25) is 0 Å². The van der Waals surface area contributed by atoms with Gasteiger partial charge >= 0.3 is 6.03 Å². The fraction of sp³-hybridized carbons (Fsp3) is 0.0909. The number of halogens is 2. The van der Waals surface area contributed by atoms with Crippen molar-refractivity contribution < 1.29 is 14.3 Å². The minimum atomic E-state index is -0.485. The maximum atomic E-state index is 12.3. The molecule has 0 saturated heterocycles. The highest BCUT2D eigenvalue weighted by Crippen LogP contribution is 2.31. The zero-order valence-corrected chi connectivity index (χ0v) is 17.2. The molecule has 0 bridgehead atoms. The van der Waals surface area contributed by atoms with Crippen molar-refractivity contribution in [2.75, 3.05) is 18.5 Å². The lowest BCUT2D eigenvalue weighted by Crippen LogP contribution is -2.26. The largest absolute Gasteiger partial charge is 0.486 e. The van der Waals surface area contributed by atoms with Gasteiger partial charge in [-0.3, -0.25) is 0 Å². The summed E-state index contributed by atoms with van der Waals surface area (Å²) < 4.78 is 11.3. The van der Waals surface area contributed by atoms with E-state index < -0.39 is 6.03 Å². The molecule has 0 radical (unpaired) electrons. The Morgan fingerprint density at radius 1 is 0.800 bits per heavy atom. The first-order valence-electron chi connectivity index (χ1n) is 9.15. The van der Waals surface area contributed by atoms with Crippen LogP contribution in [-0.2, 0) is 0 Å². The SMILES string of the molecule is O=C(N/N=C(\c1ccc(Cl)cc1)c1ccc2c(c1)OCCO2)Nc1ccc(Cl)cc1. The number of carbonyl (C=O) groups is 1. The maximum absolute atomic E-state index is 12.3. The Hall–Kier alpha value is -3.22. The number of hydrogen-bond acceptors (Lipinski definition) is 4. The summed E-state index contributed by atoms with van der Waals surface area (Å²) in [5.74, 6) is 1.31. The first kappa shape index (κ1) is 20.1. The fourth-order valence-corrected chi connectivity index (χ4v) is 3.15. The lowest BCUT2D eigenvalue weighted by atomic mass is 10.0. The smallest absolute Gasteiger partial charge is 0.339 e. The third kappa shape index (κ3) is 4.84. The first-order valence-corrected chi connectivity index (χ1v) is 9.90. The van der Waals surface area contributed by atoms with Crippen LogP contribution < -0.4 is 20.2 Å². The predicted molar refractivity (Wildman–Crippen MR) is 118 cm³/mol. The number of nitrogens with one attached hydrogen (secondary N) is 2. The highest BCUT2D eigenvalue weighted by atomic mass is 35.5. The van der Waals surface area contributed by atoms with Crippen LogP contribution in [-0.4, -0.2) is 25.0 Å². The third-order valence-electron chi connectivity index (χ3n) is 4.30. The van der Waals surface area contributed by atoms with Crippen molar-refractivity contribution in [1.82, 2.24) is 5.43 Å². The highest BCUT2D eigenvalue weighted by molar-refractivity contribution is 6.31. The molecule has 2 amide bonds. The quantitative estimate of drug-likeness (QED) is 0.423. The summed E-state index contributed by atoms with van der Waals surface area (Å²) in [5, 5.41) is 8.24. The summed E-state index contributed by atoms with van der Waals surface area (Å²) in [6.07, 6.45) is 0. The van der Waals surface area contributed by atoms with Crippen molar-refractivity contribution in [3.8, 4) is 11.5 Å². The predicted octanol–water partition coefficient (Wildman–Crippen LogP) is 5.34. The number of benzene rings is 3. The molecule has 3 aromatic carbocycles. The Balaban J connectivity index is 1.61. The van der Waals surface area contributed by atoms with Gasteiger partial charge in [0.05, 0.1) is 5.71 Å². The highest BCUT2D eigenvalue weighted by Gasteiger charge is 2.16. The van der Waals surface area contributed by atoms with Crippen LogP contribution in [0, 0.1) is 0 Å². The van der Waals surface area contributed by atoms with E-state index >= 15 is 0 Å². The number of urea groups is 1. The lowest BCUT2D eigenvalue weighted by Gasteiger charge is -2.19. The van der Waals surface area contributed by atoms with E-state index in [1.807, 2.05) is 30.3 Å². The second-order valence-corrected chi connectivity index (χ2v) is 7.27. The van der Waals surface area contributed by atoms with Gasteiger partial charge < -0.3 is 14.8 Å². The number of carbonyl (C=O) groups excluding carboxylic acids is 1. The van der Waals surface area contributed by atoms with Crippen LogP contribution in [0.4, 0.5) is 10.5 Å². The molecule has 4 rings (SSSR count). The van der Waals surface area contributed by atoms with E-state index in [-0.39, 0.29) is 0 Å². The second kappa shape index (κ2) is 9.07. The Morgan fingerprint density at radius 2 is 1.40 bits per heavy atom. The molecule has 1 aliphatic heterocycles. The van der Waals surface area contributed by atoms with E-state index in [1.165, 1.54) is 0 Å². The van der Waals surface area contributed by atoms with Crippen molar-refractivity contribution in [2.24, 2.45) is 5.10 Å². The zero-order valence-electron chi connectivity index (χ0n) is 15.7. The number of hydrazone groups is 1. The lowest BCUT2D eigenvalue weighted by molar-refractivity contribution is 0.171. The van der Waals surface area contributed by atoms with Crippen molar-refractivity contribution in [3.63, 3.8) is 0 Å². The number of ether oxygens (including phenoxy) is 2. The van der Waals surface area contributed by atoms with Gasteiger partial charge in [-0.25, -0.2) is 10.2 Å². The summed E-state index contributed by atoms with van der Waals surface area (Å²) in [5.41, 5.74) is 5.22. The molecule has 0 aliphatic carbocycles. The molecular weight excluding hydrogens is 425 g/mol. The molecule has 1 aliphatic rings. The van der Waals surface area contributed by atoms with E-state index in [2.05, 4.69) is 15.8 Å².